The van der Waals surface area contributed by atoms with Gasteiger partial charge in [-0.25, -0.2) is 0 Å². The maximum Gasteiger partial charge on any atom is 0.309 e. The summed E-state index contributed by atoms with van der Waals surface area (Å²) >= 11 is 0. The number of fused-ring (bicyclic) bond motifs is 5. The Morgan fingerprint density at radius 1 is 0.903 bits per heavy atom. The Balaban J connectivity index is 1.13. The van der Waals surface area contributed by atoms with Gasteiger partial charge in [-0.05, 0) is 63.7 Å². The number of carbonyl (C=O) groups is 4. The van der Waals surface area contributed by atoms with Gasteiger partial charge in [0.2, 0.25) is 11.8 Å². The first-order valence-corrected chi connectivity index (χ1v) is 11.6. The smallest absolute Gasteiger partial charge is 0.309 e. The van der Waals surface area contributed by atoms with E-state index in [2.05, 4.69) is 0 Å². The Morgan fingerprint density at radius 3 is 2.06 bits per heavy atom. The molecule has 3 saturated carbocycles. The monoisotopic (exact) mass is 423 g/mol. The van der Waals surface area contributed by atoms with Crippen LogP contribution in [-0.2, 0) is 19.1 Å². The molecule has 164 valence electrons. The second kappa shape index (κ2) is 7.88. The van der Waals surface area contributed by atoms with E-state index in [1.807, 2.05) is 19.1 Å². The molecule has 4 atom stereocenters. The number of carbonyl (C=O) groups excluding carboxylic acids is 4. The number of ether oxygens (including phenoxy) is 1. The molecule has 0 radical (unpaired) electrons. The average molecular weight is 424 g/mol. The van der Waals surface area contributed by atoms with Gasteiger partial charge in [-0.1, -0.05) is 29.8 Å². The zero-order chi connectivity index (χ0) is 21.7. The summed E-state index contributed by atoms with van der Waals surface area (Å²) in [6, 6.07) is 7.10. The maximum atomic E-state index is 13.0. The molecule has 1 aromatic rings. The summed E-state index contributed by atoms with van der Waals surface area (Å²) in [6.45, 7) is 1.70. The van der Waals surface area contributed by atoms with Crippen LogP contribution < -0.4 is 0 Å². The van der Waals surface area contributed by atoms with Crippen molar-refractivity contribution >= 4 is 23.6 Å². The molecule has 0 unspecified atom stereocenters. The van der Waals surface area contributed by atoms with Crippen molar-refractivity contribution in [2.75, 3.05) is 6.61 Å². The van der Waals surface area contributed by atoms with E-state index in [4.69, 9.17) is 4.74 Å². The van der Waals surface area contributed by atoms with Crippen LogP contribution in [0.2, 0.25) is 0 Å². The molecule has 1 aliphatic heterocycles. The zero-order valence-corrected chi connectivity index (χ0v) is 17.9. The number of hydrogen-bond acceptors (Lipinski definition) is 5. The predicted molar refractivity (Wildman–Crippen MR) is 112 cm³/mol. The van der Waals surface area contributed by atoms with Crippen LogP contribution in [0.15, 0.2) is 24.3 Å². The molecule has 2 bridgehead atoms. The second-order valence-electron chi connectivity index (χ2n) is 9.83. The molecule has 1 saturated heterocycles. The highest BCUT2D eigenvalue weighted by Gasteiger charge is 2.61. The lowest BCUT2D eigenvalue weighted by molar-refractivity contribution is -0.149. The molecular weight excluding hydrogens is 394 g/mol. The number of ketones is 1. The van der Waals surface area contributed by atoms with Gasteiger partial charge >= 0.3 is 5.97 Å². The standard InChI is InChI=1S/C25H29NO5/c1-14-2-4-15(5-3-14)20(27)13-31-25(30)16-8-10-19(11-9-16)26-23(28)21-17-6-7-18(12-17)22(21)24(26)29/h2-5,16-19,21-22H,6-13H2,1H3/t16?,17-,18+,19?,21-,22+. The van der Waals surface area contributed by atoms with E-state index in [1.165, 1.54) is 0 Å². The van der Waals surface area contributed by atoms with Crippen molar-refractivity contribution in [2.45, 2.75) is 57.9 Å². The average Bonchev–Trinajstić information content (AvgIpc) is 3.46. The summed E-state index contributed by atoms with van der Waals surface area (Å²) in [5, 5.41) is 0. The summed E-state index contributed by atoms with van der Waals surface area (Å²) in [4.78, 5) is 52.3. The van der Waals surface area contributed by atoms with Crippen molar-refractivity contribution in [3.63, 3.8) is 0 Å². The Morgan fingerprint density at radius 2 is 1.48 bits per heavy atom. The van der Waals surface area contributed by atoms with E-state index in [9.17, 15) is 19.2 Å². The number of benzene rings is 1. The van der Waals surface area contributed by atoms with Crippen LogP contribution in [0.5, 0.6) is 0 Å². The van der Waals surface area contributed by atoms with Gasteiger partial charge in [0.1, 0.15) is 0 Å². The number of Topliss-reactive ketones (excluding diaryl/α,β-unsaturated/α-hetero) is 1. The van der Waals surface area contributed by atoms with Crippen molar-refractivity contribution in [1.82, 2.24) is 4.90 Å². The quantitative estimate of drug-likeness (QED) is 0.412. The lowest BCUT2D eigenvalue weighted by Gasteiger charge is -2.33. The van der Waals surface area contributed by atoms with E-state index in [0.29, 0.717) is 43.1 Å². The van der Waals surface area contributed by atoms with Crippen molar-refractivity contribution in [2.24, 2.45) is 29.6 Å². The van der Waals surface area contributed by atoms with Crippen LogP contribution in [0, 0.1) is 36.5 Å². The minimum absolute atomic E-state index is 0.0388. The molecule has 3 aliphatic carbocycles. The third-order valence-corrected chi connectivity index (χ3v) is 8.08. The summed E-state index contributed by atoms with van der Waals surface area (Å²) in [5.74, 6) is -0.130. The number of amides is 2. The number of likely N-dealkylation sites (tertiary alicyclic amines) is 1. The number of imide groups is 1. The van der Waals surface area contributed by atoms with Crippen molar-refractivity contribution in [3.05, 3.63) is 35.4 Å². The highest BCUT2D eigenvalue weighted by Crippen LogP contribution is 2.56. The highest BCUT2D eigenvalue weighted by atomic mass is 16.5. The summed E-state index contributed by atoms with van der Waals surface area (Å²) < 4.78 is 5.29. The van der Waals surface area contributed by atoms with Crippen molar-refractivity contribution in [1.29, 1.82) is 0 Å². The molecule has 0 spiro atoms. The Hall–Kier alpha value is -2.50. The molecule has 4 fully saturated rings. The fraction of sp³-hybridized carbons (Fsp3) is 0.600. The minimum Gasteiger partial charge on any atom is -0.457 e. The SMILES string of the molecule is Cc1ccc(C(=O)COC(=O)C2CCC(N3C(=O)[C@@H]4[C@@H]5CC[C@@H](C5)[C@@H]4C3=O)CC2)cc1. The third kappa shape index (κ3) is 3.50. The third-order valence-electron chi connectivity index (χ3n) is 8.08. The lowest BCUT2D eigenvalue weighted by atomic mass is 9.81. The Kier molecular flexibility index (Phi) is 5.19. The van der Waals surface area contributed by atoms with E-state index in [1.54, 1.807) is 17.0 Å². The van der Waals surface area contributed by atoms with Gasteiger partial charge in [0.15, 0.2) is 12.4 Å². The van der Waals surface area contributed by atoms with Gasteiger partial charge in [-0.3, -0.25) is 24.1 Å². The van der Waals surface area contributed by atoms with Crippen LogP contribution >= 0.6 is 0 Å². The number of aryl methyl sites for hydroxylation is 1. The molecule has 1 heterocycles. The number of rotatable bonds is 5. The number of hydrogen-bond donors (Lipinski definition) is 0. The van der Waals surface area contributed by atoms with Gasteiger partial charge in [0, 0.05) is 11.6 Å². The van der Waals surface area contributed by atoms with Crippen molar-refractivity contribution < 1.29 is 23.9 Å². The molecular formula is C25H29NO5. The van der Waals surface area contributed by atoms with Gasteiger partial charge in [0.05, 0.1) is 17.8 Å². The van der Waals surface area contributed by atoms with Gasteiger partial charge in [-0.2, -0.15) is 0 Å². The van der Waals surface area contributed by atoms with Gasteiger partial charge < -0.3 is 4.74 Å². The molecule has 6 nitrogen and oxygen atoms in total. The molecule has 1 aromatic carbocycles. The van der Waals surface area contributed by atoms with Gasteiger partial charge in [0.25, 0.3) is 0 Å². The Labute approximate surface area is 182 Å². The zero-order valence-electron chi connectivity index (χ0n) is 17.9. The molecule has 2 amide bonds. The van der Waals surface area contributed by atoms with E-state index in [0.717, 1.165) is 24.8 Å². The molecule has 31 heavy (non-hydrogen) atoms. The van der Waals surface area contributed by atoms with Crippen LogP contribution in [0.25, 0.3) is 0 Å². The van der Waals surface area contributed by atoms with Crippen LogP contribution in [-0.4, -0.2) is 41.1 Å². The van der Waals surface area contributed by atoms with E-state index in [-0.39, 0.29) is 54.0 Å². The van der Waals surface area contributed by atoms with Crippen molar-refractivity contribution in [3.8, 4) is 0 Å². The second-order valence-corrected chi connectivity index (χ2v) is 9.83. The first-order chi connectivity index (χ1) is 14.9. The van der Waals surface area contributed by atoms with Gasteiger partial charge in [-0.15, -0.1) is 0 Å². The largest absolute Gasteiger partial charge is 0.457 e. The Bertz CT molecular complexity index is 886. The summed E-state index contributed by atoms with van der Waals surface area (Å²) in [5.41, 5.74) is 1.60. The number of esters is 1. The minimum atomic E-state index is -0.354. The topological polar surface area (TPSA) is 80.8 Å². The molecule has 6 heteroatoms. The normalized spacial score (nSPS) is 34.2. The highest BCUT2D eigenvalue weighted by molar-refractivity contribution is 6.06. The lowest BCUT2D eigenvalue weighted by Crippen LogP contribution is -2.44. The fourth-order valence-corrected chi connectivity index (χ4v) is 6.44. The van der Waals surface area contributed by atoms with Crippen LogP contribution in [0.4, 0.5) is 0 Å². The first kappa shape index (κ1) is 20.4. The molecule has 0 aromatic heterocycles. The molecule has 0 N–H and O–H groups in total. The van der Waals surface area contributed by atoms with E-state index < -0.39 is 0 Å². The first-order valence-electron chi connectivity index (χ1n) is 11.6. The maximum absolute atomic E-state index is 13.0. The fourth-order valence-electron chi connectivity index (χ4n) is 6.44. The summed E-state index contributed by atoms with van der Waals surface area (Å²) in [7, 11) is 0. The van der Waals surface area contributed by atoms with Crippen LogP contribution in [0.1, 0.15) is 60.9 Å². The predicted octanol–water partition coefficient (Wildman–Crippen LogP) is 3.31. The molecule has 4 aliphatic rings. The molecule has 5 rings (SSSR count). The number of nitrogens with zero attached hydrogens (tertiary/aromatic N) is 1. The summed E-state index contributed by atoms with van der Waals surface area (Å²) in [6.07, 6.45) is 5.65. The van der Waals surface area contributed by atoms with Crippen LogP contribution in [0.3, 0.4) is 0 Å². The van der Waals surface area contributed by atoms with E-state index >= 15 is 0 Å².